The minimum atomic E-state index is -0.116. The summed E-state index contributed by atoms with van der Waals surface area (Å²) in [5.74, 6) is 5.79. The molecule has 0 aliphatic heterocycles. The van der Waals surface area contributed by atoms with Crippen molar-refractivity contribution in [2.45, 2.75) is 24.3 Å². The molecule has 0 spiro atoms. The lowest BCUT2D eigenvalue weighted by Crippen LogP contribution is -2.29. The van der Waals surface area contributed by atoms with Crippen LogP contribution in [0.25, 0.3) is 0 Å². The van der Waals surface area contributed by atoms with Gasteiger partial charge in [-0.15, -0.1) is 11.8 Å². The van der Waals surface area contributed by atoms with Crippen molar-refractivity contribution in [3.8, 4) is 0 Å². The number of unbranched alkanes of at least 4 members (excludes halogenated alkanes) is 1. The van der Waals surface area contributed by atoms with Crippen LogP contribution in [0.4, 0.5) is 0 Å². The second-order valence-corrected chi connectivity index (χ2v) is 4.74. The molecule has 4 nitrogen and oxygen atoms in total. The van der Waals surface area contributed by atoms with Gasteiger partial charge in [0, 0.05) is 12.6 Å². The lowest BCUT2D eigenvalue weighted by molar-refractivity contribution is -0.121. The van der Waals surface area contributed by atoms with Crippen LogP contribution in [-0.4, -0.2) is 16.6 Å². The number of hydrogen-bond donors (Lipinski definition) is 2. The Morgan fingerprint density at radius 3 is 2.94 bits per heavy atom. The molecule has 0 fully saturated rings. The highest BCUT2D eigenvalue weighted by Gasteiger charge is 1.99. The van der Waals surface area contributed by atoms with Crippen molar-refractivity contribution in [3.63, 3.8) is 0 Å². The summed E-state index contributed by atoms with van der Waals surface area (Å²) in [5.41, 5.74) is 2.11. The Hall–Kier alpha value is -0.780. The lowest BCUT2D eigenvalue weighted by Gasteiger charge is -2.01. The Kier molecular flexibility index (Phi) is 6.22. The van der Waals surface area contributed by atoms with Gasteiger partial charge in [0.2, 0.25) is 5.91 Å². The van der Waals surface area contributed by atoms with E-state index >= 15 is 0 Å². The van der Waals surface area contributed by atoms with E-state index in [2.05, 4.69) is 10.4 Å². The summed E-state index contributed by atoms with van der Waals surface area (Å²) in [6, 6.07) is 3.71. The quantitative estimate of drug-likeness (QED) is 0.270. The Morgan fingerprint density at radius 2 is 2.31 bits per heavy atom. The first-order valence-corrected chi connectivity index (χ1v) is 6.32. The number of hydrogen-bond acceptors (Lipinski definition) is 4. The van der Waals surface area contributed by atoms with E-state index in [0.717, 1.165) is 23.6 Å². The summed E-state index contributed by atoms with van der Waals surface area (Å²) < 4.78 is 0. The van der Waals surface area contributed by atoms with Crippen molar-refractivity contribution < 1.29 is 4.79 Å². The number of nitrogens with zero attached hydrogens (tertiary/aromatic N) is 1. The summed E-state index contributed by atoms with van der Waals surface area (Å²) in [5, 5.41) is 1.59. The highest BCUT2D eigenvalue weighted by molar-refractivity contribution is 7.99. The predicted molar refractivity (Wildman–Crippen MR) is 66.2 cm³/mol. The van der Waals surface area contributed by atoms with Crippen molar-refractivity contribution in [1.82, 2.24) is 10.4 Å². The van der Waals surface area contributed by atoms with Gasteiger partial charge in [-0.1, -0.05) is 11.6 Å². The maximum atomic E-state index is 10.8. The molecule has 0 radical (unpaired) electrons. The summed E-state index contributed by atoms with van der Waals surface area (Å²) in [6.45, 7) is 0. The van der Waals surface area contributed by atoms with Crippen molar-refractivity contribution in [3.05, 3.63) is 23.4 Å². The number of nitrogens with one attached hydrogen (secondary N) is 1. The van der Waals surface area contributed by atoms with Gasteiger partial charge in [-0.05, 0) is 30.7 Å². The fourth-order valence-electron chi connectivity index (χ4n) is 1.08. The van der Waals surface area contributed by atoms with E-state index in [9.17, 15) is 4.79 Å². The van der Waals surface area contributed by atoms with Gasteiger partial charge in [0.25, 0.3) is 0 Å². The second-order valence-electron chi connectivity index (χ2n) is 3.19. The Morgan fingerprint density at radius 1 is 1.50 bits per heavy atom. The van der Waals surface area contributed by atoms with Crippen LogP contribution in [0, 0.1) is 0 Å². The van der Waals surface area contributed by atoms with E-state index in [0.29, 0.717) is 11.4 Å². The molecular formula is C10H14ClN3OS. The van der Waals surface area contributed by atoms with Crippen LogP contribution in [0.3, 0.4) is 0 Å². The zero-order valence-electron chi connectivity index (χ0n) is 8.78. The number of carbonyl (C=O) groups excluding carboxylic acids is 1. The first kappa shape index (κ1) is 13.3. The van der Waals surface area contributed by atoms with E-state index in [1.54, 1.807) is 18.0 Å². The average molecular weight is 260 g/mol. The third kappa shape index (κ3) is 5.34. The van der Waals surface area contributed by atoms with E-state index in [-0.39, 0.29) is 5.91 Å². The van der Waals surface area contributed by atoms with E-state index < -0.39 is 0 Å². The first-order valence-electron chi connectivity index (χ1n) is 4.96. The van der Waals surface area contributed by atoms with Gasteiger partial charge in [0.05, 0.1) is 10.0 Å². The molecule has 0 aliphatic rings. The van der Waals surface area contributed by atoms with Crippen LogP contribution in [0.5, 0.6) is 0 Å². The molecule has 0 aromatic carbocycles. The zero-order chi connectivity index (χ0) is 11.8. The number of halogens is 1. The Balaban J connectivity index is 2.11. The Labute approximate surface area is 104 Å². The van der Waals surface area contributed by atoms with Crippen molar-refractivity contribution in [2.24, 2.45) is 5.84 Å². The van der Waals surface area contributed by atoms with Crippen LogP contribution in [-0.2, 0) is 4.79 Å². The number of hydrazine groups is 1. The van der Waals surface area contributed by atoms with E-state index in [1.807, 2.05) is 12.1 Å². The third-order valence-electron chi connectivity index (χ3n) is 1.91. The molecule has 0 atom stereocenters. The molecule has 1 heterocycles. The average Bonchev–Trinajstić information content (AvgIpc) is 2.31. The van der Waals surface area contributed by atoms with Gasteiger partial charge in [-0.2, -0.15) is 0 Å². The molecule has 1 rings (SSSR count). The minimum absolute atomic E-state index is 0.116. The zero-order valence-corrected chi connectivity index (χ0v) is 10.4. The molecule has 3 N–H and O–H groups in total. The van der Waals surface area contributed by atoms with Crippen molar-refractivity contribution >= 4 is 29.3 Å². The molecule has 0 bridgehead atoms. The summed E-state index contributed by atoms with van der Waals surface area (Å²) in [7, 11) is 0. The number of rotatable bonds is 6. The van der Waals surface area contributed by atoms with Crippen LogP contribution in [0.15, 0.2) is 23.4 Å². The molecule has 6 heteroatoms. The van der Waals surface area contributed by atoms with Gasteiger partial charge in [0.15, 0.2) is 0 Å². The SMILES string of the molecule is NNC(=O)CCCCSc1ccc(Cl)cn1. The molecule has 0 aliphatic carbocycles. The highest BCUT2D eigenvalue weighted by Crippen LogP contribution is 2.18. The van der Waals surface area contributed by atoms with Crippen molar-refractivity contribution in [2.75, 3.05) is 5.75 Å². The van der Waals surface area contributed by atoms with Gasteiger partial charge in [-0.25, -0.2) is 10.8 Å². The lowest BCUT2D eigenvalue weighted by atomic mass is 10.2. The third-order valence-corrected chi connectivity index (χ3v) is 3.16. The van der Waals surface area contributed by atoms with Crippen LogP contribution in [0.1, 0.15) is 19.3 Å². The van der Waals surface area contributed by atoms with Crippen LogP contribution >= 0.6 is 23.4 Å². The minimum Gasteiger partial charge on any atom is -0.294 e. The number of aromatic nitrogens is 1. The molecular weight excluding hydrogens is 246 g/mol. The number of carbonyl (C=O) groups is 1. The molecule has 0 unspecified atom stereocenters. The van der Waals surface area contributed by atoms with Gasteiger partial charge < -0.3 is 0 Å². The highest BCUT2D eigenvalue weighted by atomic mass is 35.5. The van der Waals surface area contributed by atoms with Gasteiger partial charge >= 0.3 is 0 Å². The summed E-state index contributed by atoms with van der Waals surface area (Å²) in [4.78, 5) is 15.0. The van der Waals surface area contributed by atoms with E-state index in [1.165, 1.54) is 0 Å². The molecule has 88 valence electrons. The Bertz CT molecular complexity index is 331. The van der Waals surface area contributed by atoms with Crippen molar-refractivity contribution in [1.29, 1.82) is 0 Å². The maximum Gasteiger partial charge on any atom is 0.233 e. The predicted octanol–water partition coefficient (Wildman–Crippen LogP) is 1.99. The molecule has 1 amide bonds. The van der Waals surface area contributed by atoms with Gasteiger partial charge in [0.1, 0.15) is 0 Å². The van der Waals surface area contributed by atoms with Crippen LogP contribution < -0.4 is 11.3 Å². The number of pyridine rings is 1. The molecule has 0 saturated carbocycles. The normalized spacial score (nSPS) is 10.1. The maximum absolute atomic E-state index is 10.8. The first-order chi connectivity index (χ1) is 7.72. The number of thioether (sulfide) groups is 1. The number of nitrogens with two attached hydrogens (primary N) is 1. The molecule has 16 heavy (non-hydrogen) atoms. The molecule has 0 saturated heterocycles. The number of amides is 1. The summed E-state index contributed by atoms with van der Waals surface area (Å²) >= 11 is 7.37. The largest absolute Gasteiger partial charge is 0.294 e. The van der Waals surface area contributed by atoms with Crippen LogP contribution in [0.2, 0.25) is 5.02 Å². The fourth-order valence-corrected chi connectivity index (χ4v) is 2.05. The second kappa shape index (κ2) is 7.49. The van der Waals surface area contributed by atoms with E-state index in [4.69, 9.17) is 17.4 Å². The standard InChI is InChI=1S/C10H14ClN3OS/c11-8-4-5-10(13-7-8)16-6-2-1-3-9(15)14-12/h4-5,7H,1-3,6,12H2,(H,14,15). The van der Waals surface area contributed by atoms with Gasteiger partial charge in [-0.3, -0.25) is 10.2 Å². The monoisotopic (exact) mass is 259 g/mol. The smallest absolute Gasteiger partial charge is 0.233 e. The molecule has 1 aromatic heterocycles. The topological polar surface area (TPSA) is 68.0 Å². The summed E-state index contributed by atoms with van der Waals surface area (Å²) in [6.07, 6.45) is 3.91. The fraction of sp³-hybridized carbons (Fsp3) is 0.400. The molecule has 1 aromatic rings.